The average molecular weight is 197 g/mol. The largest absolute Gasteiger partial charge is 0.360 e. The summed E-state index contributed by atoms with van der Waals surface area (Å²) in [7, 11) is 0. The summed E-state index contributed by atoms with van der Waals surface area (Å²) in [5.41, 5.74) is 5.62. The third-order valence-corrected chi connectivity index (χ3v) is 2.28. The van der Waals surface area contributed by atoms with Gasteiger partial charge in [-0.15, -0.1) is 0 Å². The van der Waals surface area contributed by atoms with E-state index >= 15 is 0 Å². The van der Waals surface area contributed by atoms with Crippen LogP contribution in [0.15, 0.2) is 0 Å². The Bertz CT molecular complexity index is 249. The van der Waals surface area contributed by atoms with Gasteiger partial charge in [0.2, 0.25) is 5.91 Å². The molecule has 2 atom stereocenters. The molecule has 1 aliphatic heterocycles. The Morgan fingerprint density at radius 1 is 1.86 bits per heavy atom. The molecular formula is C9H15N3O2. The van der Waals surface area contributed by atoms with Crippen LogP contribution in [0.1, 0.15) is 13.3 Å². The van der Waals surface area contributed by atoms with E-state index < -0.39 is 12.1 Å². The second-order valence-corrected chi connectivity index (χ2v) is 3.29. The number of rotatable bonds is 2. The monoisotopic (exact) mass is 197 g/mol. The van der Waals surface area contributed by atoms with Crippen molar-refractivity contribution >= 4 is 5.91 Å². The summed E-state index contributed by atoms with van der Waals surface area (Å²) in [4.78, 5) is 13.2. The van der Waals surface area contributed by atoms with Gasteiger partial charge in [0, 0.05) is 6.54 Å². The zero-order valence-corrected chi connectivity index (χ0v) is 8.27. The van der Waals surface area contributed by atoms with E-state index in [1.807, 2.05) is 13.0 Å². The van der Waals surface area contributed by atoms with Crippen LogP contribution in [-0.4, -0.2) is 42.6 Å². The topological polar surface area (TPSA) is 79.3 Å². The van der Waals surface area contributed by atoms with Gasteiger partial charge in [-0.05, 0) is 6.42 Å². The number of amides is 1. The number of hydrogen-bond acceptors (Lipinski definition) is 4. The Balaban J connectivity index is 2.52. The van der Waals surface area contributed by atoms with Crippen LogP contribution in [0.2, 0.25) is 0 Å². The third kappa shape index (κ3) is 2.44. The van der Waals surface area contributed by atoms with Crippen molar-refractivity contribution in [3.63, 3.8) is 0 Å². The molecule has 1 heterocycles. The van der Waals surface area contributed by atoms with Crippen LogP contribution in [0.5, 0.6) is 0 Å². The van der Waals surface area contributed by atoms with E-state index in [0.29, 0.717) is 26.1 Å². The van der Waals surface area contributed by atoms with Crippen LogP contribution in [0.3, 0.4) is 0 Å². The fraction of sp³-hybridized carbons (Fsp3) is 0.778. The number of carbonyl (C=O) groups excluding carboxylic acids is 1. The molecular weight excluding hydrogens is 182 g/mol. The second-order valence-electron chi connectivity index (χ2n) is 3.29. The number of ether oxygens (including phenoxy) is 1. The van der Waals surface area contributed by atoms with Crippen LogP contribution in [0.4, 0.5) is 0 Å². The van der Waals surface area contributed by atoms with E-state index in [1.165, 1.54) is 0 Å². The smallest absolute Gasteiger partial charge is 0.239 e. The van der Waals surface area contributed by atoms with Gasteiger partial charge in [-0.25, -0.2) is 0 Å². The summed E-state index contributed by atoms with van der Waals surface area (Å²) in [5.74, 6) is -0.0870. The predicted molar refractivity (Wildman–Crippen MR) is 50.2 cm³/mol. The molecule has 0 radical (unpaired) electrons. The number of nitrogens with two attached hydrogens (primary N) is 1. The van der Waals surface area contributed by atoms with Crippen molar-refractivity contribution in [2.75, 3.05) is 19.7 Å². The fourth-order valence-corrected chi connectivity index (χ4v) is 1.34. The molecule has 0 aromatic rings. The van der Waals surface area contributed by atoms with E-state index in [0.717, 1.165) is 0 Å². The molecule has 1 saturated heterocycles. The first-order valence-electron chi connectivity index (χ1n) is 4.74. The Morgan fingerprint density at radius 2 is 2.57 bits per heavy atom. The summed E-state index contributed by atoms with van der Waals surface area (Å²) in [6.07, 6.45) is 0.115. The molecule has 0 spiro atoms. The van der Waals surface area contributed by atoms with E-state index in [2.05, 4.69) is 0 Å². The average Bonchev–Trinajstić information content (AvgIpc) is 2.27. The molecule has 0 aromatic carbocycles. The maximum Gasteiger partial charge on any atom is 0.239 e. The summed E-state index contributed by atoms with van der Waals surface area (Å²) in [6.45, 7) is 3.15. The minimum atomic E-state index is -0.503. The SMILES string of the molecule is CC[C@@H](N)C(=O)N1CCOC(C#N)C1. The highest BCUT2D eigenvalue weighted by atomic mass is 16.5. The molecule has 1 aliphatic rings. The number of nitrogens with zero attached hydrogens (tertiary/aromatic N) is 2. The van der Waals surface area contributed by atoms with Crippen molar-refractivity contribution in [3.8, 4) is 6.07 Å². The minimum Gasteiger partial charge on any atom is -0.360 e. The van der Waals surface area contributed by atoms with E-state index in [-0.39, 0.29) is 5.91 Å². The number of nitriles is 1. The molecule has 14 heavy (non-hydrogen) atoms. The minimum absolute atomic E-state index is 0.0870. The number of hydrogen-bond donors (Lipinski definition) is 1. The van der Waals surface area contributed by atoms with Gasteiger partial charge in [0.1, 0.15) is 0 Å². The zero-order valence-electron chi connectivity index (χ0n) is 8.27. The predicted octanol–water partition coefficient (Wildman–Crippen LogP) is -0.525. The van der Waals surface area contributed by atoms with Gasteiger partial charge < -0.3 is 15.4 Å². The molecule has 0 bridgehead atoms. The van der Waals surface area contributed by atoms with Crippen LogP contribution in [0, 0.1) is 11.3 Å². The molecule has 1 unspecified atom stereocenters. The van der Waals surface area contributed by atoms with Crippen molar-refractivity contribution in [2.24, 2.45) is 5.73 Å². The zero-order chi connectivity index (χ0) is 10.6. The lowest BCUT2D eigenvalue weighted by Crippen LogP contribution is -2.50. The summed E-state index contributed by atoms with van der Waals surface area (Å²) in [6, 6.07) is 1.54. The van der Waals surface area contributed by atoms with E-state index in [1.54, 1.807) is 4.90 Å². The third-order valence-electron chi connectivity index (χ3n) is 2.28. The summed E-state index contributed by atoms with van der Waals surface area (Å²) < 4.78 is 5.13. The fourth-order valence-electron chi connectivity index (χ4n) is 1.34. The van der Waals surface area contributed by atoms with Gasteiger partial charge in [0.25, 0.3) is 0 Å². The maximum atomic E-state index is 11.6. The number of morpholine rings is 1. The lowest BCUT2D eigenvalue weighted by molar-refractivity contribution is -0.138. The first-order valence-corrected chi connectivity index (χ1v) is 4.74. The Kier molecular flexibility index (Phi) is 3.86. The standard InChI is InChI=1S/C9H15N3O2/c1-2-8(11)9(13)12-3-4-14-7(5-10)6-12/h7-8H,2-4,6,11H2,1H3/t7?,8-/m1/s1. The summed E-state index contributed by atoms with van der Waals surface area (Å²) in [5, 5.41) is 8.64. The molecule has 0 saturated carbocycles. The van der Waals surface area contributed by atoms with Gasteiger partial charge in [0.15, 0.2) is 6.10 Å². The molecule has 1 amide bonds. The number of carbonyl (C=O) groups is 1. The van der Waals surface area contributed by atoms with Crippen LogP contribution >= 0.6 is 0 Å². The first-order chi connectivity index (χ1) is 6.69. The van der Waals surface area contributed by atoms with Gasteiger partial charge in [-0.1, -0.05) is 6.92 Å². The van der Waals surface area contributed by atoms with Crippen LogP contribution in [0.25, 0.3) is 0 Å². The molecule has 5 heteroatoms. The highest BCUT2D eigenvalue weighted by Crippen LogP contribution is 2.06. The van der Waals surface area contributed by atoms with Crippen molar-refractivity contribution in [1.29, 1.82) is 5.26 Å². The molecule has 1 rings (SSSR count). The molecule has 0 aromatic heterocycles. The molecule has 5 nitrogen and oxygen atoms in total. The van der Waals surface area contributed by atoms with Crippen LogP contribution < -0.4 is 5.73 Å². The Labute approximate surface area is 83.4 Å². The van der Waals surface area contributed by atoms with Crippen molar-refractivity contribution < 1.29 is 9.53 Å². The molecule has 0 aliphatic carbocycles. The van der Waals surface area contributed by atoms with Crippen LogP contribution in [-0.2, 0) is 9.53 Å². The van der Waals surface area contributed by atoms with Gasteiger partial charge in [0.05, 0.1) is 25.3 Å². The molecule has 1 fully saturated rings. The molecule has 2 N–H and O–H groups in total. The summed E-state index contributed by atoms with van der Waals surface area (Å²) >= 11 is 0. The van der Waals surface area contributed by atoms with Gasteiger partial charge in [-0.3, -0.25) is 4.79 Å². The normalized spacial score (nSPS) is 24.1. The van der Waals surface area contributed by atoms with Crippen molar-refractivity contribution in [3.05, 3.63) is 0 Å². The molecule has 78 valence electrons. The van der Waals surface area contributed by atoms with Crippen molar-refractivity contribution in [2.45, 2.75) is 25.5 Å². The second kappa shape index (κ2) is 4.94. The van der Waals surface area contributed by atoms with Gasteiger partial charge in [-0.2, -0.15) is 5.26 Å². The van der Waals surface area contributed by atoms with E-state index in [9.17, 15) is 4.79 Å². The van der Waals surface area contributed by atoms with Crippen molar-refractivity contribution in [1.82, 2.24) is 4.90 Å². The van der Waals surface area contributed by atoms with Gasteiger partial charge >= 0.3 is 0 Å². The quantitative estimate of drug-likeness (QED) is 0.645. The van der Waals surface area contributed by atoms with E-state index in [4.69, 9.17) is 15.7 Å². The lowest BCUT2D eigenvalue weighted by Gasteiger charge is -2.31. The lowest BCUT2D eigenvalue weighted by atomic mass is 10.2. The Morgan fingerprint density at radius 3 is 3.14 bits per heavy atom. The first kappa shape index (κ1) is 11.0. The highest BCUT2D eigenvalue weighted by molar-refractivity contribution is 5.81. The highest BCUT2D eigenvalue weighted by Gasteiger charge is 2.26. The Hall–Kier alpha value is -1.12. The maximum absolute atomic E-state index is 11.6.